The Morgan fingerprint density at radius 2 is 1.89 bits per heavy atom. The van der Waals surface area contributed by atoms with Crippen LogP contribution in [0.3, 0.4) is 0 Å². The topological polar surface area (TPSA) is 63.1 Å². The van der Waals surface area contributed by atoms with Gasteiger partial charge in [-0.25, -0.2) is 9.67 Å². The number of rotatable bonds is 6. The summed E-state index contributed by atoms with van der Waals surface area (Å²) in [7, 11) is 4.26. The molecule has 1 fully saturated rings. The molecule has 6 heteroatoms. The van der Waals surface area contributed by atoms with Gasteiger partial charge in [0.25, 0.3) is 5.91 Å². The van der Waals surface area contributed by atoms with Gasteiger partial charge >= 0.3 is 0 Å². The Morgan fingerprint density at radius 3 is 2.46 bits per heavy atom. The van der Waals surface area contributed by atoms with Crippen LogP contribution in [0, 0.1) is 0 Å². The van der Waals surface area contributed by atoms with Gasteiger partial charge in [-0.3, -0.25) is 4.79 Å². The molecule has 2 aromatic rings. The predicted molar refractivity (Wildman–Crippen MR) is 114 cm³/mol. The molecule has 0 spiro atoms. The first kappa shape index (κ1) is 20.8. The number of hydrogen-bond donors (Lipinski definition) is 1. The predicted octanol–water partition coefficient (Wildman–Crippen LogP) is 4.13. The third-order valence-corrected chi connectivity index (χ3v) is 6.22. The summed E-state index contributed by atoms with van der Waals surface area (Å²) in [6, 6.07) is 2.14. The fourth-order valence-corrected chi connectivity index (χ4v) is 4.23. The molecule has 2 aromatic heterocycles. The summed E-state index contributed by atoms with van der Waals surface area (Å²) in [5, 5.41) is 8.57. The second kappa shape index (κ2) is 8.19. The molecule has 0 unspecified atom stereocenters. The van der Waals surface area contributed by atoms with E-state index in [1.54, 1.807) is 6.20 Å². The number of carbonyl (C=O) groups excluding carboxylic acids is 1. The highest BCUT2D eigenvalue weighted by atomic mass is 16.1. The highest BCUT2D eigenvalue weighted by molar-refractivity contribution is 6.05. The number of fused-ring (bicyclic) bond motifs is 1. The van der Waals surface area contributed by atoms with Crippen molar-refractivity contribution in [2.24, 2.45) is 0 Å². The van der Waals surface area contributed by atoms with Crippen molar-refractivity contribution in [3.8, 4) is 0 Å². The lowest BCUT2D eigenvalue weighted by atomic mass is 9.80. The summed E-state index contributed by atoms with van der Waals surface area (Å²) >= 11 is 0. The summed E-state index contributed by atoms with van der Waals surface area (Å²) < 4.78 is 1.90. The van der Waals surface area contributed by atoms with E-state index in [2.05, 4.69) is 57.1 Å². The molecular formula is C22H35N5O. The summed E-state index contributed by atoms with van der Waals surface area (Å²) in [5.74, 6) is 0.224. The summed E-state index contributed by atoms with van der Waals surface area (Å²) in [5.41, 5.74) is 2.47. The Hall–Kier alpha value is -1.95. The molecule has 1 N–H and O–H groups in total. The molecule has 2 heterocycles. The number of pyridine rings is 1. The van der Waals surface area contributed by atoms with Crippen LogP contribution >= 0.6 is 0 Å². The number of amides is 1. The van der Waals surface area contributed by atoms with Crippen LogP contribution < -0.4 is 5.32 Å². The molecule has 0 bridgehead atoms. The van der Waals surface area contributed by atoms with Gasteiger partial charge in [-0.1, -0.05) is 33.1 Å². The molecule has 0 radical (unpaired) electrons. The lowest BCUT2D eigenvalue weighted by Crippen LogP contribution is -2.53. The molecule has 1 aliphatic rings. The van der Waals surface area contributed by atoms with Crippen LogP contribution in [0.25, 0.3) is 11.0 Å². The maximum Gasteiger partial charge on any atom is 0.252 e. The maximum absolute atomic E-state index is 13.2. The van der Waals surface area contributed by atoms with E-state index in [1.807, 2.05) is 10.7 Å². The largest absolute Gasteiger partial charge is 0.350 e. The third-order valence-electron chi connectivity index (χ3n) is 6.22. The van der Waals surface area contributed by atoms with E-state index < -0.39 is 0 Å². The zero-order chi connectivity index (χ0) is 20.5. The van der Waals surface area contributed by atoms with Crippen molar-refractivity contribution in [3.05, 3.63) is 23.5 Å². The van der Waals surface area contributed by atoms with E-state index in [-0.39, 0.29) is 23.4 Å². The Balaban J connectivity index is 1.92. The van der Waals surface area contributed by atoms with Gasteiger partial charge in [0.1, 0.15) is 0 Å². The van der Waals surface area contributed by atoms with Crippen molar-refractivity contribution in [3.63, 3.8) is 0 Å². The number of likely N-dealkylation sites (N-methyl/N-ethyl adjacent to an activating group) is 1. The first-order chi connectivity index (χ1) is 13.2. The van der Waals surface area contributed by atoms with Gasteiger partial charge < -0.3 is 10.2 Å². The average molecular weight is 386 g/mol. The highest BCUT2D eigenvalue weighted by Crippen LogP contribution is 2.32. The summed E-state index contributed by atoms with van der Waals surface area (Å²) in [4.78, 5) is 20.3. The number of aromatic nitrogens is 3. The van der Waals surface area contributed by atoms with Gasteiger partial charge in [-0.15, -0.1) is 0 Å². The minimum absolute atomic E-state index is 0.0237. The Labute approximate surface area is 168 Å². The zero-order valence-electron chi connectivity index (χ0n) is 18.2. The SMILES string of the molecule is CC(C)c1cc(C(=O)NCC2(N(C)C)CCCCC2)c2cnn(C(C)C)c2n1. The Bertz CT molecular complexity index is 831. The lowest BCUT2D eigenvalue weighted by Gasteiger charge is -2.43. The van der Waals surface area contributed by atoms with E-state index in [0.717, 1.165) is 29.6 Å². The summed E-state index contributed by atoms with van der Waals surface area (Å²) in [6.07, 6.45) is 7.80. The monoisotopic (exact) mass is 385 g/mol. The van der Waals surface area contributed by atoms with Crippen LogP contribution in [-0.2, 0) is 0 Å². The second-order valence-electron chi connectivity index (χ2n) is 9.03. The molecule has 154 valence electrons. The molecule has 6 nitrogen and oxygen atoms in total. The molecule has 0 atom stereocenters. The van der Waals surface area contributed by atoms with Crippen LogP contribution in [0.5, 0.6) is 0 Å². The smallest absolute Gasteiger partial charge is 0.252 e. The van der Waals surface area contributed by atoms with E-state index in [1.165, 1.54) is 19.3 Å². The van der Waals surface area contributed by atoms with Crippen LogP contribution in [0.4, 0.5) is 0 Å². The molecule has 28 heavy (non-hydrogen) atoms. The number of nitrogens with one attached hydrogen (secondary N) is 1. The van der Waals surface area contributed by atoms with Crippen LogP contribution in [0.15, 0.2) is 12.3 Å². The fraction of sp³-hybridized carbons (Fsp3) is 0.682. The molecule has 0 saturated heterocycles. The van der Waals surface area contributed by atoms with Crippen molar-refractivity contribution < 1.29 is 4.79 Å². The van der Waals surface area contributed by atoms with E-state index in [9.17, 15) is 4.79 Å². The minimum Gasteiger partial charge on any atom is -0.350 e. The Kier molecular flexibility index (Phi) is 6.08. The van der Waals surface area contributed by atoms with Crippen molar-refractivity contribution in [2.45, 2.75) is 77.3 Å². The summed E-state index contributed by atoms with van der Waals surface area (Å²) in [6.45, 7) is 9.06. The van der Waals surface area contributed by atoms with Crippen LogP contribution in [-0.4, -0.2) is 51.8 Å². The zero-order valence-corrected chi connectivity index (χ0v) is 18.2. The molecule has 0 aliphatic heterocycles. The molecule has 1 amide bonds. The molecule has 1 saturated carbocycles. The minimum atomic E-state index is -0.0237. The maximum atomic E-state index is 13.2. The first-order valence-corrected chi connectivity index (χ1v) is 10.6. The normalized spacial score (nSPS) is 17.0. The molecule has 0 aromatic carbocycles. The van der Waals surface area contributed by atoms with Gasteiger partial charge in [0.15, 0.2) is 5.65 Å². The van der Waals surface area contributed by atoms with E-state index >= 15 is 0 Å². The molecular weight excluding hydrogens is 350 g/mol. The van der Waals surface area contributed by atoms with Crippen LogP contribution in [0.1, 0.15) is 87.8 Å². The average Bonchev–Trinajstić information content (AvgIpc) is 3.10. The first-order valence-electron chi connectivity index (χ1n) is 10.6. The number of hydrogen-bond acceptors (Lipinski definition) is 4. The highest BCUT2D eigenvalue weighted by Gasteiger charge is 2.34. The van der Waals surface area contributed by atoms with Crippen molar-refractivity contribution in [1.82, 2.24) is 25.0 Å². The van der Waals surface area contributed by atoms with Crippen LogP contribution in [0.2, 0.25) is 0 Å². The second-order valence-corrected chi connectivity index (χ2v) is 9.03. The van der Waals surface area contributed by atoms with Gasteiger partial charge in [-0.05, 0) is 52.8 Å². The standard InChI is InChI=1S/C22H35N5O/c1-15(2)19-12-17(18-13-24-27(16(3)4)20(18)25-19)21(28)23-14-22(26(5)6)10-8-7-9-11-22/h12-13,15-16H,7-11,14H2,1-6H3,(H,23,28). The van der Waals surface area contributed by atoms with Gasteiger partial charge in [0, 0.05) is 23.8 Å². The molecule has 1 aliphatic carbocycles. The van der Waals surface area contributed by atoms with Gasteiger partial charge in [0.2, 0.25) is 0 Å². The Morgan fingerprint density at radius 1 is 1.21 bits per heavy atom. The van der Waals surface area contributed by atoms with Crippen molar-refractivity contribution >= 4 is 16.9 Å². The van der Waals surface area contributed by atoms with Crippen molar-refractivity contribution in [1.29, 1.82) is 0 Å². The molecule has 3 rings (SSSR count). The van der Waals surface area contributed by atoms with E-state index in [4.69, 9.17) is 4.98 Å². The van der Waals surface area contributed by atoms with Crippen molar-refractivity contribution in [2.75, 3.05) is 20.6 Å². The quantitative estimate of drug-likeness (QED) is 0.812. The number of nitrogens with zero attached hydrogens (tertiary/aromatic N) is 4. The number of carbonyl (C=O) groups is 1. The fourth-order valence-electron chi connectivity index (χ4n) is 4.23. The van der Waals surface area contributed by atoms with Gasteiger partial charge in [-0.2, -0.15) is 5.10 Å². The lowest BCUT2D eigenvalue weighted by molar-refractivity contribution is 0.0800. The van der Waals surface area contributed by atoms with Gasteiger partial charge in [0.05, 0.1) is 17.1 Å². The third kappa shape index (κ3) is 3.93. The van der Waals surface area contributed by atoms with E-state index in [0.29, 0.717) is 12.1 Å².